The fraction of sp³-hybridized carbons (Fsp3) is 0.350. The largest absolute Gasteiger partial charge is 0.366 e. The third-order valence-corrected chi connectivity index (χ3v) is 4.99. The van der Waals surface area contributed by atoms with Crippen LogP contribution in [0.4, 0.5) is 20.6 Å². The first-order valence-corrected chi connectivity index (χ1v) is 9.37. The number of urea groups is 1. The zero-order valence-corrected chi connectivity index (χ0v) is 16.4. The summed E-state index contributed by atoms with van der Waals surface area (Å²) in [7, 11) is 1.45. The van der Waals surface area contributed by atoms with Crippen molar-refractivity contribution in [3.05, 3.63) is 58.3 Å². The van der Waals surface area contributed by atoms with Gasteiger partial charge in [0.2, 0.25) is 5.91 Å². The number of carbonyl (C=O) groups is 2. The van der Waals surface area contributed by atoms with Crippen LogP contribution in [0.5, 0.6) is 0 Å². The molecule has 1 fully saturated rings. The lowest BCUT2D eigenvalue weighted by molar-refractivity contribution is -0.132. The van der Waals surface area contributed by atoms with Gasteiger partial charge < -0.3 is 25.0 Å². The molecule has 1 aromatic heterocycles. The maximum absolute atomic E-state index is 14.0. The van der Waals surface area contributed by atoms with Crippen molar-refractivity contribution in [1.82, 2.24) is 14.8 Å². The molecule has 1 saturated heterocycles. The summed E-state index contributed by atoms with van der Waals surface area (Å²) >= 11 is 0. The van der Waals surface area contributed by atoms with Gasteiger partial charge in [0.1, 0.15) is 18.0 Å². The average molecular weight is 401 g/mol. The van der Waals surface area contributed by atoms with Crippen LogP contribution in [-0.2, 0) is 11.3 Å². The van der Waals surface area contributed by atoms with E-state index in [-0.39, 0.29) is 24.0 Å². The van der Waals surface area contributed by atoms with Gasteiger partial charge >= 0.3 is 6.03 Å². The molecule has 1 aromatic carbocycles. The minimum atomic E-state index is -0.506. The first kappa shape index (κ1) is 20.4. The molecule has 2 aromatic rings. The van der Waals surface area contributed by atoms with Crippen molar-refractivity contribution in [3.8, 4) is 0 Å². The second-order valence-corrected chi connectivity index (χ2v) is 6.80. The number of anilines is 2. The molecule has 0 bridgehead atoms. The van der Waals surface area contributed by atoms with Crippen LogP contribution >= 0.6 is 0 Å². The predicted molar refractivity (Wildman–Crippen MR) is 109 cm³/mol. The van der Waals surface area contributed by atoms with Crippen LogP contribution in [0, 0.1) is 12.7 Å². The maximum Gasteiger partial charge on any atom is 0.319 e. The predicted octanol–water partition coefficient (Wildman–Crippen LogP) is 1.40. The molecule has 0 radical (unpaired) electrons. The number of benzene rings is 1. The Bertz CT molecular complexity index is 967. The van der Waals surface area contributed by atoms with Crippen LogP contribution in [0.25, 0.3) is 0 Å². The number of hydrogen-bond acceptors (Lipinski definition) is 4. The highest BCUT2D eigenvalue weighted by atomic mass is 19.1. The third kappa shape index (κ3) is 4.56. The number of hydrogen-bond donors (Lipinski definition) is 2. The number of para-hydroxylation sites is 1. The van der Waals surface area contributed by atoms with Gasteiger partial charge in [0.15, 0.2) is 0 Å². The van der Waals surface area contributed by atoms with Crippen LogP contribution < -0.4 is 21.1 Å². The van der Waals surface area contributed by atoms with Gasteiger partial charge in [-0.2, -0.15) is 0 Å². The third-order valence-electron chi connectivity index (χ3n) is 4.99. The number of rotatable bonds is 4. The summed E-state index contributed by atoms with van der Waals surface area (Å²) in [6.07, 6.45) is 0. The summed E-state index contributed by atoms with van der Waals surface area (Å²) < 4.78 is 15.3. The van der Waals surface area contributed by atoms with Crippen molar-refractivity contribution < 1.29 is 14.0 Å². The molecule has 0 aliphatic carbocycles. The number of aryl methyl sites for hydroxylation is 1. The highest BCUT2D eigenvalue weighted by molar-refractivity contribution is 5.88. The molecular formula is C20H24FN5O3. The fourth-order valence-corrected chi connectivity index (χ4v) is 3.29. The molecule has 2 N–H and O–H groups in total. The minimum Gasteiger partial charge on any atom is -0.366 e. The SMILES string of the molecule is CNC(=O)Nc1ccc(C)n(CC(=O)N2CCN(c3ccccc3F)CC2)c1=O. The van der Waals surface area contributed by atoms with Crippen LogP contribution in [0.15, 0.2) is 41.2 Å². The molecule has 0 saturated carbocycles. The highest BCUT2D eigenvalue weighted by Crippen LogP contribution is 2.20. The number of nitrogens with one attached hydrogen (secondary N) is 2. The molecular weight excluding hydrogens is 377 g/mol. The van der Waals surface area contributed by atoms with Crippen LogP contribution in [-0.4, -0.2) is 54.6 Å². The molecule has 3 amide bonds. The topological polar surface area (TPSA) is 86.7 Å². The second kappa shape index (κ2) is 8.76. The Kier molecular flexibility index (Phi) is 6.16. The van der Waals surface area contributed by atoms with E-state index in [9.17, 15) is 18.8 Å². The molecule has 0 atom stereocenters. The van der Waals surface area contributed by atoms with Gasteiger partial charge in [-0.3, -0.25) is 9.59 Å². The van der Waals surface area contributed by atoms with Crippen molar-refractivity contribution in [2.24, 2.45) is 0 Å². The smallest absolute Gasteiger partial charge is 0.319 e. The van der Waals surface area contributed by atoms with Gasteiger partial charge in [0.05, 0.1) is 5.69 Å². The van der Waals surface area contributed by atoms with Crippen molar-refractivity contribution in [3.63, 3.8) is 0 Å². The molecule has 29 heavy (non-hydrogen) atoms. The lowest BCUT2D eigenvalue weighted by Gasteiger charge is -2.36. The molecule has 1 aliphatic heterocycles. The number of pyridine rings is 1. The summed E-state index contributed by atoms with van der Waals surface area (Å²) in [6.45, 7) is 3.52. The van der Waals surface area contributed by atoms with E-state index < -0.39 is 11.6 Å². The van der Waals surface area contributed by atoms with E-state index in [0.29, 0.717) is 37.6 Å². The Hall–Kier alpha value is -3.36. The van der Waals surface area contributed by atoms with E-state index in [1.807, 2.05) is 4.90 Å². The molecule has 3 rings (SSSR count). The average Bonchev–Trinajstić information content (AvgIpc) is 2.73. The van der Waals surface area contributed by atoms with Crippen molar-refractivity contribution in [1.29, 1.82) is 0 Å². The Morgan fingerprint density at radius 3 is 2.41 bits per heavy atom. The maximum atomic E-state index is 14.0. The first-order valence-electron chi connectivity index (χ1n) is 9.37. The summed E-state index contributed by atoms with van der Waals surface area (Å²) in [5.41, 5.74) is 0.814. The van der Waals surface area contributed by atoms with Crippen molar-refractivity contribution in [2.45, 2.75) is 13.5 Å². The molecule has 9 heteroatoms. The standard InChI is InChI=1S/C20H24FN5O3/c1-14-7-8-16(23-20(29)22-2)19(28)26(14)13-18(27)25-11-9-24(10-12-25)17-6-4-3-5-15(17)21/h3-8H,9-13H2,1-2H3,(H2,22,23,29). The Morgan fingerprint density at radius 2 is 1.76 bits per heavy atom. The van der Waals surface area contributed by atoms with Crippen LogP contribution in [0.2, 0.25) is 0 Å². The molecule has 154 valence electrons. The lowest BCUT2D eigenvalue weighted by atomic mass is 10.2. The van der Waals surface area contributed by atoms with Crippen LogP contribution in [0.1, 0.15) is 5.69 Å². The van der Waals surface area contributed by atoms with Crippen LogP contribution in [0.3, 0.4) is 0 Å². The van der Waals surface area contributed by atoms with E-state index in [2.05, 4.69) is 10.6 Å². The normalized spacial score (nSPS) is 13.9. The Balaban J connectivity index is 1.67. The fourth-order valence-electron chi connectivity index (χ4n) is 3.29. The summed E-state index contributed by atoms with van der Waals surface area (Å²) in [5, 5.41) is 4.84. The molecule has 0 spiro atoms. The molecule has 8 nitrogen and oxygen atoms in total. The van der Waals surface area contributed by atoms with Gasteiger partial charge in [0.25, 0.3) is 5.56 Å². The highest BCUT2D eigenvalue weighted by Gasteiger charge is 2.23. The zero-order chi connectivity index (χ0) is 21.0. The van der Waals surface area contributed by atoms with Gasteiger partial charge in [-0.05, 0) is 31.2 Å². The first-order chi connectivity index (χ1) is 13.9. The van der Waals surface area contributed by atoms with Gasteiger partial charge in [-0.25, -0.2) is 9.18 Å². The monoisotopic (exact) mass is 401 g/mol. The summed E-state index contributed by atoms with van der Waals surface area (Å²) in [5.74, 6) is -0.477. The second-order valence-electron chi connectivity index (χ2n) is 6.80. The van der Waals surface area contributed by atoms with Gasteiger partial charge in [-0.15, -0.1) is 0 Å². The van der Waals surface area contributed by atoms with E-state index >= 15 is 0 Å². The quantitative estimate of drug-likeness (QED) is 0.811. The number of aromatic nitrogens is 1. The number of nitrogens with zero attached hydrogens (tertiary/aromatic N) is 3. The van der Waals surface area contributed by atoms with Crippen molar-refractivity contribution in [2.75, 3.05) is 43.4 Å². The number of carbonyl (C=O) groups excluding carboxylic acids is 2. The Morgan fingerprint density at radius 1 is 1.07 bits per heavy atom. The molecule has 0 unspecified atom stereocenters. The summed E-state index contributed by atoms with van der Waals surface area (Å²) in [6, 6.07) is 9.25. The van der Waals surface area contributed by atoms with Crippen molar-refractivity contribution >= 4 is 23.3 Å². The molecule has 1 aliphatic rings. The Labute approximate surface area is 167 Å². The summed E-state index contributed by atoms with van der Waals surface area (Å²) in [4.78, 5) is 40.4. The van der Waals surface area contributed by atoms with E-state index in [0.717, 1.165) is 0 Å². The van der Waals surface area contributed by atoms with E-state index in [1.165, 1.54) is 23.7 Å². The lowest BCUT2D eigenvalue weighted by Crippen LogP contribution is -2.50. The van der Waals surface area contributed by atoms with E-state index in [1.54, 1.807) is 36.1 Å². The molecule has 2 heterocycles. The van der Waals surface area contributed by atoms with E-state index in [4.69, 9.17) is 0 Å². The number of amides is 3. The zero-order valence-electron chi connectivity index (χ0n) is 16.4. The number of halogens is 1. The van der Waals surface area contributed by atoms with Gasteiger partial charge in [0, 0.05) is 38.9 Å². The number of piperazine rings is 1. The van der Waals surface area contributed by atoms with Gasteiger partial charge in [-0.1, -0.05) is 12.1 Å². The minimum absolute atomic E-state index is 0.104.